The minimum absolute atomic E-state index is 0.352. The van der Waals surface area contributed by atoms with E-state index in [1.807, 2.05) is 0 Å². The van der Waals surface area contributed by atoms with Gasteiger partial charge in [0.05, 0.1) is 0 Å². The van der Waals surface area contributed by atoms with Gasteiger partial charge in [0, 0.05) is 47.5 Å². The average molecular weight is 655 g/mol. The molecule has 0 spiro atoms. The molecule has 2 heterocycles. The predicted octanol–water partition coefficient (Wildman–Crippen LogP) is 0.705. The lowest BCUT2D eigenvalue weighted by atomic mass is 9.90. The normalized spacial score (nSPS) is 33.1. The van der Waals surface area contributed by atoms with E-state index in [9.17, 15) is 28.8 Å². The molecule has 0 amide bonds. The molecule has 2 rings (SSSR count). The van der Waals surface area contributed by atoms with Crippen LogP contribution in [0.4, 0.5) is 0 Å². The minimum Gasteiger partial charge on any atom is -0.463 e. The van der Waals surface area contributed by atoms with Crippen molar-refractivity contribution in [3.8, 4) is 0 Å². The van der Waals surface area contributed by atoms with Crippen LogP contribution in [0.3, 0.4) is 0 Å². The van der Waals surface area contributed by atoms with Crippen LogP contribution in [0, 0.1) is 5.92 Å². The molecule has 0 aromatic rings. The van der Waals surface area contributed by atoms with Crippen molar-refractivity contribution >= 4 is 51.7 Å². The maximum Gasteiger partial charge on any atom is 0.303 e. The number of esters is 6. The predicted molar refractivity (Wildman–Crippen MR) is 136 cm³/mol. The van der Waals surface area contributed by atoms with Gasteiger partial charge in [-0.15, -0.1) is 0 Å². The highest BCUT2D eigenvalue weighted by Gasteiger charge is 2.55. The lowest BCUT2D eigenvalue weighted by molar-refractivity contribution is -0.333. The highest BCUT2D eigenvalue weighted by atomic mass is 79.9. The van der Waals surface area contributed by atoms with Gasteiger partial charge in [-0.1, -0.05) is 22.9 Å². The number of carbonyl (C=O) groups excluding carboxylic acids is 6. The molecule has 41 heavy (non-hydrogen) atoms. The minimum atomic E-state index is -1.45. The molecule has 0 radical (unpaired) electrons. The second-order valence-corrected chi connectivity index (χ2v) is 10.3. The van der Waals surface area contributed by atoms with Crippen molar-refractivity contribution in [2.45, 2.75) is 102 Å². The summed E-state index contributed by atoms with van der Waals surface area (Å²) in [5.74, 6) is -4.90. The lowest BCUT2D eigenvalue weighted by Gasteiger charge is -2.48. The van der Waals surface area contributed by atoms with Gasteiger partial charge < -0.3 is 42.6 Å². The molecule has 2 saturated heterocycles. The molecule has 232 valence electrons. The van der Waals surface area contributed by atoms with Crippen LogP contribution in [0.5, 0.6) is 0 Å². The lowest BCUT2D eigenvalue weighted by Crippen LogP contribution is -2.64. The summed E-state index contributed by atoms with van der Waals surface area (Å²) in [6, 6.07) is 0. The summed E-state index contributed by atoms with van der Waals surface area (Å²) in [6.45, 7) is 7.82. The summed E-state index contributed by atoms with van der Waals surface area (Å²) in [6.07, 6.45) is -9.75. The molecule has 0 aromatic carbocycles. The number of halogens is 1. The summed E-state index contributed by atoms with van der Waals surface area (Å²) in [5.41, 5.74) is 0. The van der Waals surface area contributed by atoms with Crippen LogP contribution >= 0.6 is 15.9 Å². The topological polar surface area (TPSA) is 185 Å². The third-order valence-electron chi connectivity index (χ3n) is 5.96. The number of hydrogen-bond donors (Lipinski definition) is 0. The number of rotatable bonds is 10. The van der Waals surface area contributed by atoms with Gasteiger partial charge in [-0.2, -0.15) is 0 Å². The van der Waals surface area contributed by atoms with Crippen LogP contribution < -0.4 is 0 Å². The van der Waals surface area contributed by atoms with Gasteiger partial charge >= 0.3 is 35.8 Å². The van der Waals surface area contributed by atoms with Gasteiger partial charge in [-0.3, -0.25) is 28.8 Å². The van der Waals surface area contributed by atoms with E-state index in [-0.39, 0.29) is 13.2 Å². The zero-order valence-electron chi connectivity index (χ0n) is 23.7. The Morgan fingerprint density at radius 2 is 0.976 bits per heavy atom. The van der Waals surface area contributed by atoms with E-state index in [0.717, 1.165) is 20.8 Å². The summed E-state index contributed by atoms with van der Waals surface area (Å²) in [5, 5.41) is -1.02. The molecule has 1 unspecified atom stereocenters. The second kappa shape index (κ2) is 15.4. The molecule has 2 aliphatic heterocycles. The average Bonchev–Trinajstić information content (AvgIpc) is 2.83. The Labute approximate surface area is 244 Å². The first kappa shape index (κ1) is 34.4. The van der Waals surface area contributed by atoms with E-state index < -0.39 is 95.8 Å². The molecule has 2 aliphatic rings. The third kappa shape index (κ3) is 10.2. The molecule has 0 bridgehead atoms. The molecular formula is C25H35BrO15. The van der Waals surface area contributed by atoms with E-state index in [2.05, 4.69) is 15.9 Å². The second-order valence-electron chi connectivity index (χ2n) is 9.43. The molecule has 2 fully saturated rings. The van der Waals surface area contributed by atoms with E-state index in [1.165, 1.54) is 20.8 Å². The maximum atomic E-state index is 12.1. The largest absolute Gasteiger partial charge is 0.463 e. The third-order valence-corrected chi connectivity index (χ3v) is 6.70. The fraction of sp³-hybridized carbons (Fsp3) is 0.760. The molecule has 0 aromatic heterocycles. The Kier molecular flexibility index (Phi) is 12.9. The molecule has 10 atom stereocenters. The van der Waals surface area contributed by atoms with Crippen LogP contribution in [0.25, 0.3) is 0 Å². The zero-order chi connectivity index (χ0) is 31.0. The molecule has 0 saturated carbocycles. The first-order chi connectivity index (χ1) is 19.1. The van der Waals surface area contributed by atoms with Crippen molar-refractivity contribution < 1.29 is 71.4 Å². The summed E-state index contributed by atoms with van der Waals surface area (Å²) >= 11 is 3.26. The van der Waals surface area contributed by atoms with Crippen LogP contribution in [-0.4, -0.2) is 103 Å². The summed E-state index contributed by atoms with van der Waals surface area (Å²) in [4.78, 5) is 71.0. The monoisotopic (exact) mass is 654 g/mol. The Morgan fingerprint density at radius 1 is 0.561 bits per heavy atom. The Balaban J connectivity index is 2.54. The highest BCUT2D eigenvalue weighted by Crippen LogP contribution is 2.37. The van der Waals surface area contributed by atoms with Crippen molar-refractivity contribution in [2.75, 3.05) is 13.2 Å². The molecular weight excluding hydrogens is 620 g/mol. The zero-order valence-corrected chi connectivity index (χ0v) is 25.3. The van der Waals surface area contributed by atoms with Crippen LogP contribution in [-0.2, 0) is 71.4 Å². The van der Waals surface area contributed by atoms with Crippen LogP contribution in [0.1, 0.15) is 48.5 Å². The van der Waals surface area contributed by atoms with E-state index >= 15 is 0 Å². The van der Waals surface area contributed by atoms with Gasteiger partial charge in [0.25, 0.3) is 0 Å². The van der Waals surface area contributed by atoms with E-state index in [1.54, 1.807) is 6.92 Å². The molecule has 0 aliphatic carbocycles. The van der Waals surface area contributed by atoms with Gasteiger partial charge in [0.2, 0.25) is 0 Å². The summed E-state index contributed by atoms with van der Waals surface area (Å²) in [7, 11) is 0. The highest BCUT2D eigenvalue weighted by molar-refractivity contribution is 9.09. The number of carbonyl (C=O) groups is 6. The Morgan fingerprint density at radius 3 is 1.44 bits per heavy atom. The smallest absolute Gasteiger partial charge is 0.303 e. The molecule has 16 heteroatoms. The SMILES string of the molecule is CC(=O)OC[C@H]1O[C@@H](O[C@H]2[C@H](OC(C)=O)[C@@H](OC(C)=O)C(Br)O[C@@H]2COC(C)=O)[C@H](OC(C)=O)[C@@H](C)[C@H]1OC(C)=O. The maximum absolute atomic E-state index is 12.1. The number of ether oxygens (including phenoxy) is 9. The van der Waals surface area contributed by atoms with E-state index in [0.29, 0.717) is 0 Å². The quantitative estimate of drug-likeness (QED) is 0.182. The Bertz CT molecular complexity index is 984. The van der Waals surface area contributed by atoms with Gasteiger partial charge in [-0.25, -0.2) is 0 Å². The molecule has 0 N–H and O–H groups in total. The first-order valence-electron chi connectivity index (χ1n) is 12.7. The van der Waals surface area contributed by atoms with Crippen LogP contribution in [0.15, 0.2) is 0 Å². The van der Waals surface area contributed by atoms with Crippen LogP contribution in [0.2, 0.25) is 0 Å². The van der Waals surface area contributed by atoms with Crippen molar-refractivity contribution in [2.24, 2.45) is 5.92 Å². The number of hydrogen-bond acceptors (Lipinski definition) is 15. The van der Waals surface area contributed by atoms with Crippen molar-refractivity contribution in [3.05, 3.63) is 0 Å². The van der Waals surface area contributed by atoms with Crippen molar-refractivity contribution in [1.82, 2.24) is 0 Å². The Hall–Kier alpha value is -2.82. The van der Waals surface area contributed by atoms with Gasteiger partial charge in [0.1, 0.15) is 37.6 Å². The van der Waals surface area contributed by atoms with Gasteiger partial charge in [-0.05, 0) is 0 Å². The van der Waals surface area contributed by atoms with E-state index in [4.69, 9.17) is 42.6 Å². The summed E-state index contributed by atoms with van der Waals surface area (Å²) < 4.78 is 50.1. The fourth-order valence-corrected chi connectivity index (χ4v) is 5.12. The number of alkyl halides is 1. The molecule has 15 nitrogen and oxygen atoms in total. The standard InChI is InChI=1S/C25H35BrO15/c1-10-19(35-13(4)29)17(8-33-11(2)27)40-25(20(10)36-14(5)30)41-21-18(9-34-12(3)28)39-24(26)23(38-16(7)32)22(21)37-15(6)31/h10,17-25H,8-9H2,1-7H3/t10-,17+,18+,19+,20+,21+,22-,23+,24?,25-/m0/s1. The fourth-order valence-electron chi connectivity index (χ4n) is 4.43. The van der Waals surface area contributed by atoms with Crippen molar-refractivity contribution in [3.63, 3.8) is 0 Å². The first-order valence-corrected chi connectivity index (χ1v) is 13.6. The van der Waals surface area contributed by atoms with Crippen molar-refractivity contribution in [1.29, 1.82) is 0 Å². The van der Waals surface area contributed by atoms with Gasteiger partial charge in [0.15, 0.2) is 29.6 Å².